The summed E-state index contributed by atoms with van der Waals surface area (Å²) in [5.74, 6) is 4.65. The standard InChI is InChI=1S/C26H35NO2.C19H29NO2/c1-19(2)18-28-26-14-20(3)12-13-25(26)29-24-15-22-10-7-11-23(16-24)27(22)17-21-8-5-4-6-9-21;1-13(2)12-21-19-9-14(3)7-8-18(19)22-17-10-15-5-4-6-16(11-17)20-15/h4-6,8-9,12-14,19,22-24H,7,10-11,15-18H2,1-3H3;7-9,13,15-17,20H,4-6,10-12H2,1-3H3/t22-,23+,24?;15-,16+,17?. The molecule has 0 spiro atoms. The van der Waals surface area contributed by atoms with E-state index in [0.29, 0.717) is 42.1 Å². The molecule has 4 saturated heterocycles. The van der Waals surface area contributed by atoms with Crippen molar-refractivity contribution < 1.29 is 18.9 Å². The van der Waals surface area contributed by atoms with Crippen LogP contribution in [0.15, 0.2) is 66.7 Å². The van der Waals surface area contributed by atoms with Crippen LogP contribution in [0.3, 0.4) is 0 Å². The molecule has 0 aromatic heterocycles. The van der Waals surface area contributed by atoms with Gasteiger partial charge in [-0.3, -0.25) is 4.90 Å². The van der Waals surface area contributed by atoms with Gasteiger partial charge in [0.05, 0.1) is 13.2 Å². The Morgan fingerprint density at radius 3 is 1.61 bits per heavy atom. The van der Waals surface area contributed by atoms with Gasteiger partial charge in [-0.2, -0.15) is 0 Å². The molecule has 3 aromatic rings. The summed E-state index contributed by atoms with van der Waals surface area (Å²) < 4.78 is 25.0. The summed E-state index contributed by atoms with van der Waals surface area (Å²) in [5, 5.41) is 3.72. The average Bonchev–Trinajstić information content (AvgIpc) is 3.09. The van der Waals surface area contributed by atoms with Gasteiger partial charge in [-0.1, -0.05) is 83.0 Å². The van der Waals surface area contributed by atoms with Crippen molar-refractivity contribution in [2.45, 2.75) is 149 Å². The first-order valence-corrected chi connectivity index (χ1v) is 20.0. The first kappa shape index (κ1) is 37.5. The van der Waals surface area contributed by atoms with E-state index >= 15 is 0 Å². The van der Waals surface area contributed by atoms with Crippen LogP contribution in [-0.4, -0.2) is 54.5 Å². The highest BCUT2D eigenvalue weighted by molar-refractivity contribution is 5.43. The van der Waals surface area contributed by atoms with E-state index in [-0.39, 0.29) is 6.10 Å². The van der Waals surface area contributed by atoms with Crippen molar-refractivity contribution in [2.24, 2.45) is 11.8 Å². The zero-order chi connectivity index (χ0) is 35.7. The van der Waals surface area contributed by atoms with Gasteiger partial charge in [-0.15, -0.1) is 0 Å². The Morgan fingerprint density at radius 1 is 0.608 bits per heavy atom. The molecule has 2 unspecified atom stereocenters. The molecule has 4 fully saturated rings. The van der Waals surface area contributed by atoms with E-state index in [4.69, 9.17) is 18.9 Å². The molecular formula is C45H64N2O4. The molecule has 4 aliphatic rings. The lowest BCUT2D eigenvalue weighted by Gasteiger charge is -2.48. The minimum atomic E-state index is 0.279. The van der Waals surface area contributed by atoms with E-state index in [9.17, 15) is 0 Å². The van der Waals surface area contributed by atoms with Gasteiger partial charge in [0, 0.05) is 30.7 Å². The third-order valence-corrected chi connectivity index (χ3v) is 10.9. The van der Waals surface area contributed by atoms with Gasteiger partial charge in [-0.05, 0) is 118 Å². The molecule has 6 nitrogen and oxygen atoms in total. The Morgan fingerprint density at radius 2 is 1.10 bits per heavy atom. The number of aryl methyl sites for hydroxylation is 2. The Bertz CT molecular complexity index is 1480. The summed E-state index contributed by atoms with van der Waals surface area (Å²) in [5.41, 5.74) is 3.85. The van der Waals surface area contributed by atoms with Gasteiger partial charge in [0.2, 0.25) is 0 Å². The Labute approximate surface area is 308 Å². The molecular weight excluding hydrogens is 633 g/mol. The van der Waals surface area contributed by atoms with E-state index in [2.05, 4.69) is 118 Å². The number of fused-ring (bicyclic) bond motifs is 4. The number of nitrogens with zero attached hydrogens (tertiary/aromatic N) is 1. The van der Waals surface area contributed by atoms with Crippen molar-refractivity contribution in [2.75, 3.05) is 13.2 Å². The molecule has 51 heavy (non-hydrogen) atoms. The number of piperidine rings is 4. The highest BCUT2D eigenvalue weighted by Gasteiger charge is 2.39. The van der Waals surface area contributed by atoms with E-state index in [1.807, 2.05) is 0 Å². The topological polar surface area (TPSA) is 52.2 Å². The second-order valence-corrected chi connectivity index (χ2v) is 16.6. The fourth-order valence-corrected chi connectivity index (χ4v) is 8.41. The van der Waals surface area contributed by atoms with Gasteiger partial charge in [0.15, 0.2) is 23.0 Å². The lowest BCUT2D eigenvalue weighted by Crippen LogP contribution is -2.53. The van der Waals surface area contributed by atoms with Crippen LogP contribution in [0.1, 0.15) is 109 Å². The SMILES string of the molecule is Cc1ccc(OC2C[C@H]3CCC[C@@H](C2)N3)c(OCC(C)C)c1.Cc1ccc(OC2C[C@H]3CCC[C@@H](C2)N3Cc2ccccc2)c(OCC(C)C)c1. The number of ether oxygens (including phenoxy) is 4. The first-order chi connectivity index (χ1) is 24.7. The van der Waals surface area contributed by atoms with Gasteiger partial charge in [0.25, 0.3) is 0 Å². The van der Waals surface area contributed by atoms with E-state index in [0.717, 1.165) is 68.4 Å². The number of rotatable bonds is 12. The zero-order valence-corrected chi connectivity index (χ0v) is 32.2. The zero-order valence-electron chi connectivity index (χ0n) is 32.2. The summed E-state index contributed by atoms with van der Waals surface area (Å²) in [4.78, 5) is 2.74. The summed E-state index contributed by atoms with van der Waals surface area (Å²) in [6.45, 7) is 15.4. The maximum atomic E-state index is 6.56. The smallest absolute Gasteiger partial charge is 0.161 e. The highest BCUT2D eigenvalue weighted by Crippen LogP contribution is 2.39. The molecule has 1 N–H and O–H groups in total. The van der Waals surface area contributed by atoms with E-state index in [1.54, 1.807) is 0 Å². The molecule has 0 radical (unpaired) electrons. The Balaban J connectivity index is 0.000000183. The second-order valence-electron chi connectivity index (χ2n) is 16.6. The van der Waals surface area contributed by atoms with Gasteiger partial charge in [-0.25, -0.2) is 0 Å². The van der Waals surface area contributed by atoms with Crippen LogP contribution in [0.2, 0.25) is 0 Å². The minimum absolute atomic E-state index is 0.279. The van der Waals surface area contributed by atoms with Crippen LogP contribution in [0.25, 0.3) is 0 Å². The lowest BCUT2D eigenvalue weighted by molar-refractivity contribution is -0.0229. The van der Waals surface area contributed by atoms with Crippen LogP contribution in [0.4, 0.5) is 0 Å². The van der Waals surface area contributed by atoms with Crippen LogP contribution >= 0.6 is 0 Å². The van der Waals surface area contributed by atoms with Gasteiger partial charge >= 0.3 is 0 Å². The Kier molecular flexibility index (Phi) is 13.3. The largest absolute Gasteiger partial charge is 0.489 e. The summed E-state index contributed by atoms with van der Waals surface area (Å²) in [6, 6.07) is 26.1. The van der Waals surface area contributed by atoms with E-state index in [1.165, 1.54) is 55.2 Å². The van der Waals surface area contributed by atoms with Crippen LogP contribution in [0, 0.1) is 25.7 Å². The minimum Gasteiger partial charge on any atom is -0.489 e. The number of nitrogens with one attached hydrogen (secondary N) is 1. The molecule has 4 bridgehead atoms. The quantitative estimate of drug-likeness (QED) is 0.204. The predicted molar refractivity (Wildman–Crippen MR) is 208 cm³/mol. The monoisotopic (exact) mass is 696 g/mol. The van der Waals surface area contributed by atoms with Crippen molar-refractivity contribution in [1.29, 1.82) is 0 Å². The third-order valence-electron chi connectivity index (χ3n) is 10.9. The molecule has 0 saturated carbocycles. The maximum absolute atomic E-state index is 6.56. The Hall–Kier alpha value is -3.22. The molecule has 6 heteroatoms. The average molecular weight is 697 g/mol. The van der Waals surface area contributed by atoms with Crippen LogP contribution in [0.5, 0.6) is 23.0 Å². The normalized spacial score (nSPS) is 25.9. The first-order valence-electron chi connectivity index (χ1n) is 20.0. The van der Waals surface area contributed by atoms with Crippen molar-refractivity contribution in [3.8, 4) is 23.0 Å². The maximum Gasteiger partial charge on any atom is 0.161 e. The molecule has 0 aliphatic carbocycles. The molecule has 3 aromatic carbocycles. The lowest BCUT2D eigenvalue weighted by atomic mass is 9.82. The fraction of sp³-hybridized carbons (Fsp3) is 0.600. The molecule has 4 aliphatic heterocycles. The second kappa shape index (κ2) is 18.0. The molecule has 7 rings (SSSR count). The number of benzene rings is 3. The molecule has 0 amide bonds. The molecule has 278 valence electrons. The summed E-state index contributed by atoms with van der Waals surface area (Å²) in [6.07, 6.45) is 12.9. The van der Waals surface area contributed by atoms with Gasteiger partial charge < -0.3 is 24.3 Å². The van der Waals surface area contributed by atoms with Crippen molar-refractivity contribution in [3.63, 3.8) is 0 Å². The summed E-state index contributed by atoms with van der Waals surface area (Å²) >= 11 is 0. The molecule has 6 atom stereocenters. The van der Waals surface area contributed by atoms with Crippen molar-refractivity contribution in [1.82, 2.24) is 10.2 Å². The fourth-order valence-electron chi connectivity index (χ4n) is 8.41. The van der Waals surface area contributed by atoms with Gasteiger partial charge in [0.1, 0.15) is 12.2 Å². The summed E-state index contributed by atoms with van der Waals surface area (Å²) in [7, 11) is 0. The van der Waals surface area contributed by atoms with Crippen LogP contribution in [-0.2, 0) is 6.54 Å². The van der Waals surface area contributed by atoms with Crippen LogP contribution < -0.4 is 24.3 Å². The highest BCUT2D eigenvalue weighted by atomic mass is 16.5. The third kappa shape index (κ3) is 10.9. The number of hydrogen-bond acceptors (Lipinski definition) is 6. The predicted octanol–water partition coefficient (Wildman–Crippen LogP) is 10.1. The van der Waals surface area contributed by atoms with E-state index < -0.39 is 0 Å². The van der Waals surface area contributed by atoms with Crippen molar-refractivity contribution in [3.05, 3.63) is 83.4 Å². The van der Waals surface area contributed by atoms with Crippen molar-refractivity contribution >= 4 is 0 Å². The number of hydrogen-bond donors (Lipinski definition) is 1. The molecule has 4 heterocycles.